The Morgan fingerprint density at radius 3 is 2.59 bits per heavy atom. The smallest absolute Gasteiger partial charge is 0.328 e. The minimum Gasteiger partial charge on any atom is -0.508 e. The van der Waals surface area contributed by atoms with Crippen LogP contribution < -0.4 is 4.74 Å². The number of carbonyl (C=O) groups is 3. The maximum Gasteiger partial charge on any atom is 0.328 e. The molecule has 11 heteroatoms. The van der Waals surface area contributed by atoms with E-state index in [2.05, 4.69) is 9.88 Å². The molecule has 3 aromatic rings. The molecule has 6 rings (SSSR count). The number of methoxy groups -OCH3 is 1. The minimum atomic E-state index is -1.25. The number of nitrogens with zero attached hydrogens (tertiary/aromatic N) is 4. The SMILES string of the molecule is COc1ccc2[nH]c3c(c2c1F)C[C@@]1(C)C(=O)N(CCCN2CCN(C(C)=O)CC2)C(=O)N1[C@@H]3c1cccc(O)c1. The summed E-state index contributed by atoms with van der Waals surface area (Å²) in [5.41, 5.74) is 1.14. The predicted molar refractivity (Wildman–Crippen MR) is 149 cm³/mol. The van der Waals surface area contributed by atoms with Crippen molar-refractivity contribution in [2.75, 3.05) is 46.4 Å². The Balaban J connectivity index is 1.33. The van der Waals surface area contributed by atoms with Crippen LogP contribution in [0, 0.1) is 5.82 Å². The molecule has 10 nitrogen and oxygen atoms in total. The second kappa shape index (κ2) is 10.1. The molecule has 41 heavy (non-hydrogen) atoms. The Bertz CT molecular complexity index is 1550. The lowest BCUT2D eigenvalue weighted by Crippen LogP contribution is -2.53. The van der Waals surface area contributed by atoms with Crippen molar-refractivity contribution in [2.24, 2.45) is 0 Å². The maximum atomic E-state index is 15.6. The van der Waals surface area contributed by atoms with E-state index in [1.165, 1.54) is 12.0 Å². The zero-order valence-corrected chi connectivity index (χ0v) is 23.4. The van der Waals surface area contributed by atoms with Crippen LogP contribution >= 0.6 is 0 Å². The number of phenols is 1. The van der Waals surface area contributed by atoms with E-state index < -0.39 is 23.4 Å². The van der Waals surface area contributed by atoms with Crippen LogP contribution in [0.2, 0.25) is 0 Å². The molecule has 4 amide bonds. The number of carbonyl (C=O) groups excluding carboxylic acids is 3. The number of amides is 4. The molecular formula is C30H34FN5O5. The molecule has 216 valence electrons. The first-order chi connectivity index (χ1) is 19.6. The Morgan fingerprint density at radius 2 is 1.90 bits per heavy atom. The number of urea groups is 1. The quantitative estimate of drug-likeness (QED) is 0.446. The standard InChI is InChI=1S/C30H34FN5O5/c1-18(37)34-14-12-33(13-15-34)10-5-11-35-28(39)30(2)17-21-24-22(8-9-23(41-3)25(24)31)32-26(21)27(36(30)29(35)40)19-6-4-7-20(38)16-19/h4,6-9,16,27,32,38H,5,10-15,17H2,1-3H3/t27-,30+/m1/s1. The lowest BCUT2D eigenvalue weighted by atomic mass is 9.81. The summed E-state index contributed by atoms with van der Waals surface area (Å²) in [6.45, 7) is 7.10. The Kier molecular flexibility index (Phi) is 6.64. The van der Waals surface area contributed by atoms with Gasteiger partial charge in [-0.3, -0.25) is 24.3 Å². The number of ether oxygens (including phenoxy) is 1. The van der Waals surface area contributed by atoms with Crippen LogP contribution in [0.5, 0.6) is 11.5 Å². The molecule has 2 fully saturated rings. The second-order valence-corrected chi connectivity index (χ2v) is 11.3. The van der Waals surface area contributed by atoms with Gasteiger partial charge in [-0.1, -0.05) is 12.1 Å². The molecule has 3 aliphatic heterocycles. The van der Waals surface area contributed by atoms with E-state index in [1.54, 1.807) is 55.1 Å². The van der Waals surface area contributed by atoms with Gasteiger partial charge in [0.2, 0.25) is 5.91 Å². The highest BCUT2D eigenvalue weighted by atomic mass is 19.1. The molecule has 1 aromatic heterocycles. The van der Waals surface area contributed by atoms with Crippen LogP contribution in [0.15, 0.2) is 36.4 Å². The third-order valence-corrected chi connectivity index (χ3v) is 8.81. The number of imide groups is 1. The first kappa shape index (κ1) is 27.1. The van der Waals surface area contributed by atoms with Gasteiger partial charge < -0.3 is 19.7 Å². The highest BCUT2D eigenvalue weighted by molar-refractivity contribution is 6.08. The fourth-order valence-electron chi connectivity index (χ4n) is 6.68. The normalized spacial score (nSPS) is 22.8. The third-order valence-electron chi connectivity index (χ3n) is 8.81. The minimum absolute atomic E-state index is 0.0278. The summed E-state index contributed by atoms with van der Waals surface area (Å²) in [7, 11) is 1.40. The average Bonchev–Trinajstić information content (AvgIpc) is 3.40. The number of phenolic OH excluding ortho intramolecular Hbond substituents is 1. The van der Waals surface area contributed by atoms with Gasteiger partial charge in [0.05, 0.1) is 7.11 Å². The number of piperazine rings is 1. The van der Waals surface area contributed by atoms with E-state index in [4.69, 9.17) is 4.74 Å². The highest BCUT2D eigenvalue weighted by Crippen LogP contribution is 2.49. The van der Waals surface area contributed by atoms with Crippen molar-refractivity contribution in [2.45, 2.75) is 38.3 Å². The van der Waals surface area contributed by atoms with Crippen molar-refractivity contribution in [3.8, 4) is 11.5 Å². The molecule has 0 radical (unpaired) electrons. The van der Waals surface area contributed by atoms with Gasteiger partial charge in [0.1, 0.15) is 17.3 Å². The first-order valence-electron chi connectivity index (χ1n) is 13.9. The van der Waals surface area contributed by atoms with Crippen LogP contribution in [0.4, 0.5) is 9.18 Å². The van der Waals surface area contributed by atoms with E-state index in [-0.39, 0.29) is 36.3 Å². The summed E-state index contributed by atoms with van der Waals surface area (Å²) in [5, 5.41) is 10.7. The number of fused-ring (bicyclic) bond motifs is 4. The van der Waals surface area contributed by atoms with E-state index in [9.17, 15) is 19.5 Å². The van der Waals surface area contributed by atoms with Gasteiger partial charge in [-0.25, -0.2) is 9.18 Å². The van der Waals surface area contributed by atoms with Crippen LogP contribution in [0.3, 0.4) is 0 Å². The lowest BCUT2D eigenvalue weighted by molar-refractivity contribution is -0.133. The molecular weight excluding hydrogens is 529 g/mol. The molecule has 0 bridgehead atoms. The molecule has 2 N–H and O–H groups in total. The fourth-order valence-corrected chi connectivity index (χ4v) is 6.68. The van der Waals surface area contributed by atoms with E-state index in [0.717, 1.165) is 13.1 Å². The number of nitrogens with one attached hydrogen (secondary N) is 1. The van der Waals surface area contributed by atoms with Crippen molar-refractivity contribution in [3.63, 3.8) is 0 Å². The molecule has 2 aromatic carbocycles. The van der Waals surface area contributed by atoms with Crippen LogP contribution in [-0.4, -0.2) is 99.5 Å². The fraction of sp³-hybridized carbons (Fsp3) is 0.433. The van der Waals surface area contributed by atoms with Crippen molar-refractivity contribution in [3.05, 3.63) is 59.0 Å². The number of aromatic hydroxyl groups is 1. The summed E-state index contributed by atoms with van der Waals surface area (Å²) >= 11 is 0. The van der Waals surface area contributed by atoms with E-state index in [0.29, 0.717) is 53.8 Å². The van der Waals surface area contributed by atoms with Crippen molar-refractivity contribution in [1.29, 1.82) is 0 Å². The lowest BCUT2D eigenvalue weighted by Gasteiger charge is -2.42. The van der Waals surface area contributed by atoms with E-state index in [1.807, 2.05) is 4.90 Å². The summed E-state index contributed by atoms with van der Waals surface area (Å²) in [6.07, 6.45) is 0.730. The molecule has 4 heterocycles. The maximum absolute atomic E-state index is 15.6. The van der Waals surface area contributed by atoms with Crippen molar-refractivity contribution >= 4 is 28.7 Å². The van der Waals surface area contributed by atoms with Crippen LogP contribution in [0.25, 0.3) is 10.9 Å². The first-order valence-corrected chi connectivity index (χ1v) is 13.9. The number of rotatable bonds is 6. The Hall–Kier alpha value is -4.12. The zero-order chi connectivity index (χ0) is 29.1. The van der Waals surface area contributed by atoms with Gasteiger partial charge in [-0.05, 0) is 55.3 Å². The number of benzene rings is 2. The average molecular weight is 564 g/mol. The Labute approximate surface area is 237 Å². The van der Waals surface area contributed by atoms with E-state index >= 15 is 4.39 Å². The van der Waals surface area contributed by atoms with Gasteiger partial charge in [0, 0.05) is 62.7 Å². The molecule has 0 saturated carbocycles. The number of hydrogen-bond acceptors (Lipinski definition) is 6. The number of aromatic nitrogens is 1. The largest absolute Gasteiger partial charge is 0.508 e. The third kappa shape index (κ3) is 4.30. The Morgan fingerprint density at radius 1 is 1.15 bits per heavy atom. The molecule has 0 spiro atoms. The molecule has 2 atom stereocenters. The van der Waals surface area contributed by atoms with Gasteiger partial charge in [0.15, 0.2) is 11.6 Å². The molecule has 2 saturated heterocycles. The molecule has 0 unspecified atom stereocenters. The summed E-state index contributed by atoms with van der Waals surface area (Å²) in [6, 6.07) is 8.73. The summed E-state index contributed by atoms with van der Waals surface area (Å²) in [5.74, 6) is -0.648. The monoisotopic (exact) mass is 563 g/mol. The highest BCUT2D eigenvalue weighted by Gasteiger charge is 2.60. The van der Waals surface area contributed by atoms with Crippen LogP contribution in [-0.2, 0) is 16.0 Å². The van der Waals surface area contributed by atoms with Crippen molar-refractivity contribution < 1.29 is 28.6 Å². The van der Waals surface area contributed by atoms with Gasteiger partial charge in [-0.2, -0.15) is 0 Å². The van der Waals surface area contributed by atoms with Gasteiger partial charge in [0.25, 0.3) is 5.91 Å². The van der Waals surface area contributed by atoms with Crippen molar-refractivity contribution in [1.82, 2.24) is 24.6 Å². The number of hydrogen-bond donors (Lipinski definition) is 2. The zero-order valence-electron chi connectivity index (χ0n) is 23.4. The van der Waals surface area contributed by atoms with Gasteiger partial charge in [-0.15, -0.1) is 0 Å². The summed E-state index contributed by atoms with van der Waals surface area (Å²) in [4.78, 5) is 49.9. The van der Waals surface area contributed by atoms with Crippen LogP contribution in [0.1, 0.15) is 43.1 Å². The molecule has 0 aliphatic carbocycles. The second-order valence-electron chi connectivity index (χ2n) is 11.3. The topological polar surface area (TPSA) is 109 Å². The van der Waals surface area contributed by atoms with Gasteiger partial charge >= 0.3 is 6.03 Å². The number of H-pyrrole nitrogens is 1. The summed E-state index contributed by atoms with van der Waals surface area (Å²) < 4.78 is 20.9. The number of aromatic amines is 1. The predicted octanol–water partition coefficient (Wildman–Crippen LogP) is 3.24. The molecule has 3 aliphatic rings. The number of halogens is 1.